The lowest BCUT2D eigenvalue weighted by Crippen LogP contribution is -2.38. The monoisotopic (exact) mass is 338 g/mol. The van der Waals surface area contributed by atoms with Gasteiger partial charge < -0.3 is 20.3 Å². The van der Waals surface area contributed by atoms with Crippen molar-refractivity contribution in [3.63, 3.8) is 0 Å². The van der Waals surface area contributed by atoms with Crippen molar-refractivity contribution < 1.29 is 4.74 Å². The number of hydrogen-bond donors (Lipinski definition) is 2. The maximum absolute atomic E-state index is 5.98. The smallest absolute Gasteiger partial charge is 0.191 e. The van der Waals surface area contributed by atoms with Crippen molar-refractivity contribution in [1.82, 2.24) is 15.5 Å². The summed E-state index contributed by atoms with van der Waals surface area (Å²) in [5, 5.41) is 6.81. The SMILES string of the molecule is CCNC(=NCC1CCN(CC)C1)NCCCOC1CCCCC1. The van der Waals surface area contributed by atoms with Crippen LogP contribution < -0.4 is 10.6 Å². The molecule has 2 aliphatic rings. The Labute approximate surface area is 148 Å². The second kappa shape index (κ2) is 11.7. The van der Waals surface area contributed by atoms with E-state index in [1.165, 1.54) is 58.2 Å². The minimum Gasteiger partial charge on any atom is -0.378 e. The molecule has 1 atom stereocenters. The summed E-state index contributed by atoms with van der Waals surface area (Å²) >= 11 is 0. The first-order valence-electron chi connectivity index (χ1n) is 10.2. The second-order valence-electron chi connectivity index (χ2n) is 7.18. The lowest BCUT2D eigenvalue weighted by atomic mass is 9.98. The van der Waals surface area contributed by atoms with Crippen LogP contribution in [0.3, 0.4) is 0 Å². The highest BCUT2D eigenvalue weighted by molar-refractivity contribution is 5.79. The summed E-state index contributed by atoms with van der Waals surface area (Å²) in [5.41, 5.74) is 0. The fourth-order valence-corrected chi connectivity index (χ4v) is 3.67. The molecule has 1 aliphatic carbocycles. The molecule has 140 valence electrons. The van der Waals surface area contributed by atoms with Crippen LogP contribution in [0.1, 0.15) is 58.8 Å². The number of guanidine groups is 1. The molecule has 0 spiro atoms. The largest absolute Gasteiger partial charge is 0.378 e. The van der Waals surface area contributed by atoms with Gasteiger partial charge in [-0.3, -0.25) is 4.99 Å². The van der Waals surface area contributed by atoms with E-state index in [2.05, 4.69) is 29.4 Å². The molecule has 0 aromatic rings. The lowest BCUT2D eigenvalue weighted by molar-refractivity contribution is 0.0277. The summed E-state index contributed by atoms with van der Waals surface area (Å²) in [6, 6.07) is 0. The Morgan fingerprint density at radius 1 is 1.12 bits per heavy atom. The van der Waals surface area contributed by atoms with Crippen LogP contribution in [0.15, 0.2) is 4.99 Å². The molecule has 0 amide bonds. The zero-order valence-corrected chi connectivity index (χ0v) is 15.9. The topological polar surface area (TPSA) is 48.9 Å². The average molecular weight is 339 g/mol. The van der Waals surface area contributed by atoms with Crippen LogP contribution in [0.25, 0.3) is 0 Å². The molecule has 1 aliphatic heterocycles. The van der Waals surface area contributed by atoms with Crippen LogP contribution in [0.2, 0.25) is 0 Å². The van der Waals surface area contributed by atoms with Crippen LogP contribution >= 0.6 is 0 Å². The van der Waals surface area contributed by atoms with Gasteiger partial charge in [0.25, 0.3) is 0 Å². The second-order valence-corrected chi connectivity index (χ2v) is 7.18. The van der Waals surface area contributed by atoms with Gasteiger partial charge in [-0.15, -0.1) is 0 Å². The molecule has 2 rings (SSSR count). The number of rotatable bonds is 9. The van der Waals surface area contributed by atoms with Crippen LogP contribution in [-0.4, -0.2) is 62.8 Å². The Morgan fingerprint density at radius 2 is 1.96 bits per heavy atom. The molecule has 24 heavy (non-hydrogen) atoms. The predicted octanol–water partition coefficient (Wildman–Crippen LogP) is 2.62. The molecular formula is C19H38N4O. The molecule has 5 nitrogen and oxygen atoms in total. The van der Waals surface area contributed by atoms with E-state index >= 15 is 0 Å². The molecule has 0 radical (unpaired) electrons. The normalized spacial score (nSPS) is 23.6. The first-order valence-corrected chi connectivity index (χ1v) is 10.2. The van der Waals surface area contributed by atoms with Crippen molar-refractivity contribution in [3.8, 4) is 0 Å². The molecule has 2 N–H and O–H groups in total. The van der Waals surface area contributed by atoms with E-state index < -0.39 is 0 Å². The van der Waals surface area contributed by atoms with E-state index in [1.807, 2.05) is 0 Å². The van der Waals surface area contributed by atoms with Gasteiger partial charge in [0.1, 0.15) is 0 Å². The number of nitrogens with zero attached hydrogens (tertiary/aromatic N) is 2. The van der Waals surface area contributed by atoms with E-state index in [0.29, 0.717) is 6.10 Å². The zero-order chi connectivity index (χ0) is 17.0. The summed E-state index contributed by atoms with van der Waals surface area (Å²) in [5.74, 6) is 1.68. The Bertz CT molecular complexity index is 355. The van der Waals surface area contributed by atoms with Crippen LogP contribution in [0, 0.1) is 5.92 Å². The van der Waals surface area contributed by atoms with E-state index in [1.54, 1.807) is 0 Å². The summed E-state index contributed by atoms with van der Waals surface area (Å²) in [7, 11) is 0. The average Bonchev–Trinajstić information content (AvgIpc) is 3.08. The molecule has 5 heteroatoms. The fourth-order valence-electron chi connectivity index (χ4n) is 3.67. The molecule has 1 saturated heterocycles. The molecule has 1 heterocycles. The lowest BCUT2D eigenvalue weighted by Gasteiger charge is -2.22. The highest BCUT2D eigenvalue weighted by Gasteiger charge is 2.20. The summed E-state index contributed by atoms with van der Waals surface area (Å²) in [6.07, 6.45) is 9.44. The minimum absolute atomic E-state index is 0.518. The van der Waals surface area contributed by atoms with E-state index in [-0.39, 0.29) is 0 Å². The van der Waals surface area contributed by atoms with Gasteiger partial charge in [0.05, 0.1) is 6.10 Å². The molecule has 0 aromatic carbocycles. The molecular weight excluding hydrogens is 300 g/mol. The Balaban J connectivity index is 1.58. The van der Waals surface area contributed by atoms with Crippen molar-refractivity contribution in [2.24, 2.45) is 10.9 Å². The number of ether oxygens (including phenoxy) is 1. The summed E-state index contributed by atoms with van der Waals surface area (Å²) in [6.45, 7) is 11.6. The standard InChI is InChI=1S/C19H38N4O/c1-3-20-19(22-15-17-11-13-23(4-2)16-17)21-12-8-14-24-18-9-6-5-7-10-18/h17-18H,3-16H2,1-2H3,(H2,20,21,22). The highest BCUT2D eigenvalue weighted by Crippen LogP contribution is 2.20. The van der Waals surface area contributed by atoms with Gasteiger partial charge in [-0.2, -0.15) is 0 Å². The van der Waals surface area contributed by atoms with Gasteiger partial charge in [0.2, 0.25) is 0 Å². The third-order valence-electron chi connectivity index (χ3n) is 5.19. The van der Waals surface area contributed by atoms with Gasteiger partial charge >= 0.3 is 0 Å². The van der Waals surface area contributed by atoms with Crippen molar-refractivity contribution in [3.05, 3.63) is 0 Å². The minimum atomic E-state index is 0.518. The van der Waals surface area contributed by atoms with Gasteiger partial charge in [-0.1, -0.05) is 26.2 Å². The van der Waals surface area contributed by atoms with Crippen molar-refractivity contribution in [2.45, 2.75) is 64.9 Å². The maximum Gasteiger partial charge on any atom is 0.191 e. The van der Waals surface area contributed by atoms with Gasteiger partial charge in [0.15, 0.2) is 5.96 Å². The van der Waals surface area contributed by atoms with Crippen LogP contribution in [0.4, 0.5) is 0 Å². The Hall–Kier alpha value is -0.810. The first kappa shape index (κ1) is 19.5. The number of likely N-dealkylation sites (tertiary alicyclic amines) is 1. The predicted molar refractivity (Wildman–Crippen MR) is 102 cm³/mol. The van der Waals surface area contributed by atoms with Crippen LogP contribution in [-0.2, 0) is 4.74 Å². The molecule has 2 fully saturated rings. The number of hydrogen-bond acceptors (Lipinski definition) is 3. The van der Waals surface area contributed by atoms with Crippen molar-refractivity contribution in [2.75, 3.05) is 45.9 Å². The van der Waals surface area contributed by atoms with E-state index in [4.69, 9.17) is 9.73 Å². The third-order valence-corrected chi connectivity index (χ3v) is 5.19. The molecule has 1 unspecified atom stereocenters. The van der Waals surface area contributed by atoms with Gasteiger partial charge in [-0.25, -0.2) is 0 Å². The Morgan fingerprint density at radius 3 is 2.67 bits per heavy atom. The highest BCUT2D eigenvalue weighted by atomic mass is 16.5. The third kappa shape index (κ3) is 7.39. The quantitative estimate of drug-likeness (QED) is 0.385. The number of aliphatic imine (C=N–C) groups is 1. The molecule has 0 aromatic heterocycles. The summed E-state index contributed by atoms with van der Waals surface area (Å²) in [4.78, 5) is 7.30. The van der Waals surface area contributed by atoms with Gasteiger partial charge in [0, 0.05) is 32.8 Å². The maximum atomic E-state index is 5.98. The zero-order valence-electron chi connectivity index (χ0n) is 15.9. The summed E-state index contributed by atoms with van der Waals surface area (Å²) < 4.78 is 5.98. The van der Waals surface area contributed by atoms with Gasteiger partial charge in [-0.05, 0) is 51.6 Å². The van der Waals surface area contributed by atoms with Crippen molar-refractivity contribution >= 4 is 5.96 Å². The number of nitrogens with one attached hydrogen (secondary N) is 2. The van der Waals surface area contributed by atoms with Crippen molar-refractivity contribution in [1.29, 1.82) is 0 Å². The van der Waals surface area contributed by atoms with Crippen LogP contribution in [0.5, 0.6) is 0 Å². The Kier molecular flexibility index (Phi) is 9.51. The van der Waals surface area contributed by atoms with E-state index in [0.717, 1.165) is 44.5 Å². The molecule has 0 bridgehead atoms. The first-order chi connectivity index (χ1) is 11.8. The fraction of sp³-hybridized carbons (Fsp3) is 0.947. The molecule has 1 saturated carbocycles. The van der Waals surface area contributed by atoms with E-state index in [9.17, 15) is 0 Å².